The number of nitrogens with zero attached hydrogens (tertiary/aromatic N) is 1. The molecule has 0 saturated heterocycles. The largest absolute Gasteiger partial charge is 0.481 e. The molecule has 0 atom stereocenters. The van der Waals surface area contributed by atoms with Crippen molar-refractivity contribution in [1.29, 1.82) is 0 Å². The van der Waals surface area contributed by atoms with Crippen LogP contribution in [0.4, 0.5) is 4.79 Å². The van der Waals surface area contributed by atoms with Gasteiger partial charge in [-0.15, -0.1) is 0 Å². The molecule has 0 radical (unpaired) electrons. The highest BCUT2D eigenvalue weighted by Gasteiger charge is 2.08. The Labute approximate surface area is 131 Å². The molecule has 0 unspecified atom stereocenters. The second-order valence-electron chi connectivity index (χ2n) is 4.24. The van der Waals surface area contributed by atoms with E-state index in [1.54, 1.807) is 6.20 Å². The van der Waals surface area contributed by atoms with Crippen LogP contribution in [-0.2, 0) is 17.9 Å². The molecular weight excluding hydrogens is 336 g/mol. The average Bonchev–Trinajstić information content (AvgIpc) is 2.52. The van der Waals surface area contributed by atoms with Crippen LogP contribution < -0.4 is 10.1 Å². The quantitative estimate of drug-likeness (QED) is 0.898. The van der Waals surface area contributed by atoms with Gasteiger partial charge in [0.05, 0.1) is 13.7 Å². The van der Waals surface area contributed by atoms with Gasteiger partial charge < -0.3 is 14.8 Å². The van der Waals surface area contributed by atoms with Crippen LogP contribution in [0.1, 0.15) is 11.1 Å². The number of pyridine rings is 1. The Morgan fingerprint density at radius 1 is 1.33 bits per heavy atom. The van der Waals surface area contributed by atoms with E-state index in [0.717, 1.165) is 15.6 Å². The van der Waals surface area contributed by atoms with Gasteiger partial charge in [0, 0.05) is 16.2 Å². The van der Waals surface area contributed by atoms with Crippen molar-refractivity contribution in [3.63, 3.8) is 0 Å². The van der Waals surface area contributed by atoms with Crippen LogP contribution in [0.2, 0.25) is 0 Å². The van der Waals surface area contributed by atoms with E-state index in [0.29, 0.717) is 5.88 Å². The number of ether oxygens (including phenoxy) is 2. The molecule has 1 amide bonds. The Balaban J connectivity index is 1.85. The summed E-state index contributed by atoms with van der Waals surface area (Å²) in [7, 11) is 1.54. The number of methoxy groups -OCH3 is 1. The number of aromatic nitrogens is 1. The maximum absolute atomic E-state index is 11.7. The van der Waals surface area contributed by atoms with Crippen molar-refractivity contribution in [1.82, 2.24) is 10.3 Å². The molecule has 2 rings (SSSR count). The molecule has 6 heteroatoms. The molecule has 1 heterocycles. The molecule has 0 fully saturated rings. The van der Waals surface area contributed by atoms with E-state index < -0.39 is 6.09 Å². The predicted molar refractivity (Wildman–Crippen MR) is 82.0 cm³/mol. The summed E-state index contributed by atoms with van der Waals surface area (Å²) in [4.78, 5) is 15.8. The fourth-order valence-electron chi connectivity index (χ4n) is 1.72. The Bertz CT molecular complexity index is 605. The molecule has 1 aromatic carbocycles. The van der Waals surface area contributed by atoms with Crippen molar-refractivity contribution in [2.24, 2.45) is 0 Å². The molecule has 21 heavy (non-hydrogen) atoms. The van der Waals surface area contributed by atoms with E-state index in [2.05, 4.69) is 26.2 Å². The van der Waals surface area contributed by atoms with Crippen molar-refractivity contribution in [3.8, 4) is 5.88 Å². The first-order valence-electron chi connectivity index (χ1n) is 6.32. The molecule has 0 aliphatic heterocycles. The summed E-state index contributed by atoms with van der Waals surface area (Å²) in [5.41, 5.74) is 1.71. The van der Waals surface area contributed by atoms with Gasteiger partial charge in [-0.1, -0.05) is 30.3 Å². The van der Waals surface area contributed by atoms with Crippen LogP contribution in [0.25, 0.3) is 0 Å². The van der Waals surface area contributed by atoms with Gasteiger partial charge in [0.1, 0.15) is 6.61 Å². The van der Waals surface area contributed by atoms with Crippen molar-refractivity contribution < 1.29 is 14.3 Å². The SMILES string of the molecule is COc1ncc(Br)cc1CNC(=O)OCc1ccccc1. The van der Waals surface area contributed by atoms with Crippen molar-refractivity contribution in [2.45, 2.75) is 13.2 Å². The molecular formula is C15H15BrN2O3. The number of amides is 1. The molecule has 1 aromatic heterocycles. The van der Waals surface area contributed by atoms with Gasteiger partial charge in [-0.05, 0) is 27.6 Å². The average molecular weight is 351 g/mol. The van der Waals surface area contributed by atoms with Crippen LogP contribution in [0.15, 0.2) is 47.1 Å². The maximum atomic E-state index is 11.7. The number of alkyl carbamates (subject to hydrolysis) is 1. The third-order valence-corrected chi connectivity index (χ3v) is 3.15. The zero-order valence-corrected chi connectivity index (χ0v) is 13.1. The van der Waals surface area contributed by atoms with Crippen molar-refractivity contribution in [2.75, 3.05) is 7.11 Å². The van der Waals surface area contributed by atoms with E-state index in [1.165, 1.54) is 7.11 Å². The van der Waals surface area contributed by atoms with Crippen LogP contribution >= 0.6 is 15.9 Å². The highest BCUT2D eigenvalue weighted by Crippen LogP contribution is 2.19. The number of hydrogen-bond acceptors (Lipinski definition) is 4. The number of benzene rings is 1. The van der Waals surface area contributed by atoms with E-state index >= 15 is 0 Å². The van der Waals surface area contributed by atoms with Gasteiger partial charge >= 0.3 is 6.09 Å². The highest BCUT2D eigenvalue weighted by molar-refractivity contribution is 9.10. The fourth-order valence-corrected chi connectivity index (χ4v) is 2.10. The highest BCUT2D eigenvalue weighted by atomic mass is 79.9. The third-order valence-electron chi connectivity index (χ3n) is 2.72. The Morgan fingerprint density at radius 2 is 2.10 bits per heavy atom. The van der Waals surface area contributed by atoms with Crippen LogP contribution in [0.5, 0.6) is 5.88 Å². The summed E-state index contributed by atoms with van der Waals surface area (Å²) in [5, 5.41) is 2.67. The van der Waals surface area contributed by atoms with E-state index in [4.69, 9.17) is 9.47 Å². The Morgan fingerprint density at radius 3 is 2.81 bits per heavy atom. The van der Waals surface area contributed by atoms with E-state index in [9.17, 15) is 4.79 Å². The second kappa shape index (κ2) is 7.64. The van der Waals surface area contributed by atoms with Crippen LogP contribution in [0, 0.1) is 0 Å². The van der Waals surface area contributed by atoms with Gasteiger partial charge in [0.15, 0.2) is 0 Å². The number of hydrogen-bond donors (Lipinski definition) is 1. The Hall–Kier alpha value is -2.08. The van der Waals surface area contributed by atoms with Crippen LogP contribution in [0.3, 0.4) is 0 Å². The predicted octanol–water partition coefficient (Wildman–Crippen LogP) is 3.28. The van der Waals surface area contributed by atoms with Crippen molar-refractivity contribution >= 4 is 22.0 Å². The minimum absolute atomic E-state index is 0.237. The number of halogens is 1. The molecule has 0 aliphatic rings. The molecule has 2 aromatic rings. The summed E-state index contributed by atoms with van der Waals surface area (Å²) < 4.78 is 11.1. The summed E-state index contributed by atoms with van der Waals surface area (Å²) in [6.45, 7) is 0.518. The van der Waals surface area contributed by atoms with Gasteiger partial charge in [0.2, 0.25) is 5.88 Å². The summed E-state index contributed by atoms with van der Waals surface area (Å²) >= 11 is 3.33. The topological polar surface area (TPSA) is 60.5 Å². The molecule has 0 bridgehead atoms. The normalized spacial score (nSPS) is 10.0. The van der Waals surface area contributed by atoms with Crippen molar-refractivity contribution in [3.05, 3.63) is 58.2 Å². The number of rotatable bonds is 5. The number of nitrogens with one attached hydrogen (secondary N) is 1. The first kappa shape index (κ1) is 15.3. The summed E-state index contributed by atoms with van der Waals surface area (Å²) in [6, 6.07) is 11.3. The van der Waals surface area contributed by atoms with Gasteiger partial charge in [-0.2, -0.15) is 0 Å². The second-order valence-corrected chi connectivity index (χ2v) is 5.15. The minimum Gasteiger partial charge on any atom is -0.481 e. The Kier molecular flexibility index (Phi) is 5.57. The fraction of sp³-hybridized carbons (Fsp3) is 0.200. The lowest BCUT2D eigenvalue weighted by atomic mass is 10.2. The first-order valence-corrected chi connectivity index (χ1v) is 7.11. The molecule has 1 N–H and O–H groups in total. The number of carbonyl (C=O) groups is 1. The zero-order chi connectivity index (χ0) is 15.1. The third kappa shape index (κ3) is 4.75. The lowest BCUT2D eigenvalue weighted by Gasteiger charge is -2.10. The van der Waals surface area contributed by atoms with Gasteiger partial charge in [-0.25, -0.2) is 9.78 Å². The minimum atomic E-state index is -0.485. The summed E-state index contributed by atoms with van der Waals surface area (Å²) in [6.07, 6.45) is 1.15. The molecule has 110 valence electrons. The standard InChI is InChI=1S/C15H15BrN2O3/c1-20-14-12(7-13(16)9-17-14)8-18-15(19)21-10-11-5-3-2-4-6-11/h2-7,9H,8,10H2,1H3,(H,18,19). The van der Waals surface area contributed by atoms with Crippen LogP contribution in [-0.4, -0.2) is 18.2 Å². The van der Waals surface area contributed by atoms with Gasteiger partial charge in [-0.3, -0.25) is 0 Å². The molecule has 0 spiro atoms. The molecule has 5 nitrogen and oxygen atoms in total. The van der Waals surface area contributed by atoms with Gasteiger partial charge in [0.25, 0.3) is 0 Å². The lowest BCUT2D eigenvalue weighted by Crippen LogP contribution is -2.24. The monoisotopic (exact) mass is 350 g/mol. The maximum Gasteiger partial charge on any atom is 0.407 e. The molecule has 0 aliphatic carbocycles. The lowest BCUT2D eigenvalue weighted by molar-refractivity contribution is 0.139. The number of carbonyl (C=O) groups excluding carboxylic acids is 1. The van der Waals surface area contributed by atoms with E-state index in [-0.39, 0.29) is 13.2 Å². The van der Waals surface area contributed by atoms with E-state index in [1.807, 2.05) is 36.4 Å². The zero-order valence-electron chi connectivity index (χ0n) is 11.5. The smallest absolute Gasteiger partial charge is 0.407 e. The molecule has 0 saturated carbocycles. The summed E-state index contributed by atoms with van der Waals surface area (Å²) in [5.74, 6) is 0.474. The first-order chi connectivity index (χ1) is 10.2.